The molecular weight excluding hydrogens is 365 g/mol. The van der Waals surface area contributed by atoms with Gasteiger partial charge in [-0.2, -0.15) is 13.2 Å². The summed E-state index contributed by atoms with van der Waals surface area (Å²) < 4.78 is 52.2. The molecule has 3 heterocycles. The molecular formula is C15H16ClF3N2O4. The lowest BCUT2D eigenvalue weighted by atomic mass is 10.0. The van der Waals surface area contributed by atoms with E-state index in [-0.39, 0.29) is 22.4 Å². The van der Waals surface area contributed by atoms with Crippen molar-refractivity contribution in [1.29, 1.82) is 0 Å². The number of alkyl halides is 3. The molecule has 1 spiro atoms. The molecule has 6 nitrogen and oxygen atoms in total. The van der Waals surface area contributed by atoms with Crippen LogP contribution in [0.2, 0.25) is 5.02 Å². The van der Waals surface area contributed by atoms with E-state index in [9.17, 15) is 18.0 Å². The van der Waals surface area contributed by atoms with Gasteiger partial charge in [0.05, 0.1) is 18.8 Å². The molecule has 2 aliphatic rings. The summed E-state index contributed by atoms with van der Waals surface area (Å²) in [7, 11) is 0. The van der Waals surface area contributed by atoms with E-state index in [0.29, 0.717) is 39.1 Å². The van der Waals surface area contributed by atoms with Crippen molar-refractivity contribution in [3.8, 4) is 5.88 Å². The average molecular weight is 381 g/mol. The molecule has 138 valence electrons. The molecule has 0 aromatic carbocycles. The molecule has 0 saturated carbocycles. The number of carbonyl (C=O) groups excluding carboxylic acids is 1. The summed E-state index contributed by atoms with van der Waals surface area (Å²) in [5.41, 5.74) is 0.188. The second kappa shape index (κ2) is 6.97. The predicted octanol–water partition coefficient (Wildman–Crippen LogP) is 2.66. The summed E-state index contributed by atoms with van der Waals surface area (Å²) in [4.78, 5) is 17.8. The molecule has 2 fully saturated rings. The van der Waals surface area contributed by atoms with Crippen LogP contribution in [-0.4, -0.2) is 60.7 Å². The molecule has 10 heteroatoms. The van der Waals surface area contributed by atoms with Crippen LogP contribution in [0.25, 0.3) is 0 Å². The largest absolute Gasteiger partial charge is 0.467 e. The Labute approximate surface area is 146 Å². The Morgan fingerprint density at radius 2 is 1.96 bits per heavy atom. The number of carbonyl (C=O) groups is 1. The molecule has 0 N–H and O–H groups in total. The van der Waals surface area contributed by atoms with Crippen molar-refractivity contribution in [3.05, 3.63) is 22.8 Å². The number of hydrogen-bond acceptors (Lipinski definition) is 5. The quantitative estimate of drug-likeness (QED) is 0.806. The predicted molar refractivity (Wildman–Crippen MR) is 80.6 cm³/mol. The van der Waals surface area contributed by atoms with E-state index in [1.54, 1.807) is 4.90 Å². The summed E-state index contributed by atoms with van der Waals surface area (Å²) in [5.74, 6) is -1.26. The SMILES string of the molecule is O=C(c1cnc(OCC(F)(F)F)c(Cl)c1)N1CCC2(CC1)OCCO2. The Bertz CT molecular complexity index is 640. The van der Waals surface area contributed by atoms with Gasteiger partial charge in [-0.05, 0) is 6.07 Å². The number of pyridine rings is 1. The summed E-state index contributed by atoms with van der Waals surface area (Å²) in [6, 6.07) is 1.26. The Hall–Kier alpha value is -1.58. The molecule has 2 aliphatic heterocycles. The van der Waals surface area contributed by atoms with Crippen molar-refractivity contribution in [2.75, 3.05) is 32.9 Å². The Kier molecular flexibility index (Phi) is 5.08. The highest BCUT2D eigenvalue weighted by atomic mass is 35.5. The van der Waals surface area contributed by atoms with Gasteiger partial charge in [-0.25, -0.2) is 4.98 Å². The van der Waals surface area contributed by atoms with Crippen LogP contribution in [0.5, 0.6) is 5.88 Å². The van der Waals surface area contributed by atoms with Crippen molar-refractivity contribution in [2.45, 2.75) is 24.8 Å². The zero-order valence-corrected chi connectivity index (χ0v) is 13.9. The minimum absolute atomic E-state index is 0.147. The van der Waals surface area contributed by atoms with Crippen molar-refractivity contribution in [3.63, 3.8) is 0 Å². The van der Waals surface area contributed by atoms with Crippen molar-refractivity contribution in [2.24, 2.45) is 0 Å². The first kappa shape index (κ1) is 18.2. The fourth-order valence-corrected chi connectivity index (χ4v) is 3.04. The Morgan fingerprint density at radius 3 is 2.52 bits per heavy atom. The second-order valence-electron chi connectivity index (χ2n) is 5.81. The van der Waals surface area contributed by atoms with Gasteiger partial charge in [-0.15, -0.1) is 0 Å². The number of halogens is 4. The van der Waals surface area contributed by atoms with Gasteiger partial charge in [0, 0.05) is 32.1 Å². The molecule has 25 heavy (non-hydrogen) atoms. The minimum Gasteiger partial charge on any atom is -0.467 e. The van der Waals surface area contributed by atoms with Gasteiger partial charge in [0.1, 0.15) is 5.02 Å². The van der Waals surface area contributed by atoms with E-state index in [4.69, 9.17) is 21.1 Å². The van der Waals surface area contributed by atoms with E-state index in [1.165, 1.54) is 6.07 Å². The monoisotopic (exact) mass is 380 g/mol. The van der Waals surface area contributed by atoms with Crippen molar-refractivity contribution in [1.82, 2.24) is 9.88 Å². The summed E-state index contributed by atoms with van der Waals surface area (Å²) in [5, 5.41) is -0.147. The fraction of sp³-hybridized carbons (Fsp3) is 0.600. The zero-order chi connectivity index (χ0) is 18.1. The molecule has 1 amide bonds. The van der Waals surface area contributed by atoms with Gasteiger partial charge >= 0.3 is 6.18 Å². The molecule has 0 aliphatic carbocycles. The van der Waals surface area contributed by atoms with E-state index in [2.05, 4.69) is 9.72 Å². The topological polar surface area (TPSA) is 60.9 Å². The molecule has 0 radical (unpaired) electrons. The highest BCUT2D eigenvalue weighted by molar-refractivity contribution is 6.32. The van der Waals surface area contributed by atoms with Gasteiger partial charge < -0.3 is 19.1 Å². The number of amides is 1. The highest BCUT2D eigenvalue weighted by Crippen LogP contribution is 2.32. The fourth-order valence-electron chi connectivity index (χ4n) is 2.82. The summed E-state index contributed by atoms with van der Waals surface area (Å²) in [6.07, 6.45) is -2.21. The number of piperidine rings is 1. The van der Waals surface area contributed by atoms with Crippen LogP contribution in [0.4, 0.5) is 13.2 Å². The van der Waals surface area contributed by atoms with E-state index < -0.39 is 18.6 Å². The molecule has 1 aromatic heterocycles. The summed E-state index contributed by atoms with van der Waals surface area (Å²) >= 11 is 5.87. The number of rotatable bonds is 3. The number of hydrogen-bond donors (Lipinski definition) is 0. The standard InChI is InChI=1S/C15H16ClF3N2O4/c16-11-7-10(8-20-12(11)23-9-15(17,18)19)13(22)21-3-1-14(2-4-21)24-5-6-25-14/h7-8H,1-6,9H2. The van der Waals surface area contributed by atoms with Crippen LogP contribution in [0.15, 0.2) is 12.3 Å². The molecule has 2 saturated heterocycles. The summed E-state index contributed by atoms with van der Waals surface area (Å²) in [6.45, 7) is 0.493. The smallest absolute Gasteiger partial charge is 0.422 e. The first-order valence-electron chi connectivity index (χ1n) is 7.70. The van der Waals surface area contributed by atoms with Gasteiger partial charge in [0.25, 0.3) is 5.91 Å². The Balaban J connectivity index is 1.62. The van der Waals surface area contributed by atoms with Crippen LogP contribution in [0.1, 0.15) is 23.2 Å². The third-order valence-electron chi connectivity index (χ3n) is 4.05. The van der Waals surface area contributed by atoms with Crippen molar-refractivity contribution >= 4 is 17.5 Å². The van der Waals surface area contributed by atoms with Crippen LogP contribution in [-0.2, 0) is 9.47 Å². The van der Waals surface area contributed by atoms with Crippen LogP contribution < -0.4 is 4.74 Å². The molecule has 0 atom stereocenters. The maximum Gasteiger partial charge on any atom is 0.422 e. The third kappa shape index (κ3) is 4.34. The zero-order valence-electron chi connectivity index (χ0n) is 13.1. The van der Waals surface area contributed by atoms with Crippen LogP contribution in [0.3, 0.4) is 0 Å². The molecule has 0 unspecified atom stereocenters. The minimum atomic E-state index is -4.49. The van der Waals surface area contributed by atoms with Gasteiger partial charge in [-0.3, -0.25) is 4.79 Å². The number of aromatic nitrogens is 1. The second-order valence-corrected chi connectivity index (χ2v) is 6.22. The van der Waals surface area contributed by atoms with Gasteiger partial charge in [-0.1, -0.05) is 11.6 Å². The van der Waals surface area contributed by atoms with Gasteiger partial charge in [0.15, 0.2) is 12.4 Å². The van der Waals surface area contributed by atoms with E-state index in [0.717, 1.165) is 6.20 Å². The lowest BCUT2D eigenvalue weighted by molar-refractivity contribution is -0.181. The maximum atomic E-state index is 12.5. The number of likely N-dealkylation sites (tertiary alicyclic amines) is 1. The third-order valence-corrected chi connectivity index (χ3v) is 4.32. The normalized spacial score (nSPS) is 20.1. The lowest BCUT2D eigenvalue weighted by Gasteiger charge is -2.37. The number of ether oxygens (including phenoxy) is 3. The average Bonchev–Trinajstić information content (AvgIpc) is 3.01. The van der Waals surface area contributed by atoms with Crippen molar-refractivity contribution < 1.29 is 32.2 Å². The van der Waals surface area contributed by atoms with Crippen LogP contribution in [0, 0.1) is 0 Å². The van der Waals surface area contributed by atoms with Gasteiger partial charge in [0.2, 0.25) is 5.88 Å². The first-order valence-corrected chi connectivity index (χ1v) is 8.08. The Morgan fingerprint density at radius 1 is 1.32 bits per heavy atom. The maximum absolute atomic E-state index is 12.5. The molecule has 1 aromatic rings. The lowest BCUT2D eigenvalue weighted by Crippen LogP contribution is -2.47. The molecule has 0 bridgehead atoms. The first-order chi connectivity index (χ1) is 11.8. The number of nitrogens with zero attached hydrogens (tertiary/aromatic N) is 2. The van der Waals surface area contributed by atoms with E-state index in [1.807, 2.05) is 0 Å². The highest BCUT2D eigenvalue weighted by Gasteiger charge is 2.41. The van der Waals surface area contributed by atoms with E-state index >= 15 is 0 Å². The van der Waals surface area contributed by atoms with Crippen LogP contribution >= 0.6 is 11.6 Å². The molecule has 3 rings (SSSR count).